The highest BCUT2D eigenvalue weighted by atomic mass is 79.9. The Labute approximate surface area is 162 Å². The van der Waals surface area contributed by atoms with Crippen molar-refractivity contribution in [3.8, 4) is 5.75 Å². The minimum atomic E-state index is -3.76. The molecule has 0 saturated heterocycles. The van der Waals surface area contributed by atoms with Crippen LogP contribution in [0.2, 0.25) is 0 Å². The predicted octanol–water partition coefficient (Wildman–Crippen LogP) is 4.85. The Morgan fingerprint density at radius 1 is 0.923 bits per heavy atom. The molecule has 134 valence electrons. The number of hydrogen-bond donors (Lipinski definition) is 0. The standard InChI is InChI=1S/C20H18BrNO3S/c1-25-19-8-5-9-20(14-19)26(23,24)22(15-16-6-3-2-4-7-16)18-12-10-17(21)11-13-18/h2-14H,15H2,1H3. The molecule has 4 nitrogen and oxygen atoms in total. The van der Waals surface area contributed by atoms with Crippen LogP contribution in [0.4, 0.5) is 5.69 Å². The Bertz CT molecular complexity index is 973. The van der Waals surface area contributed by atoms with Crippen molar-refractivity contribution in [2.45, 2.75) is 11.4 Å². The van der Waals surface area contributed by atoms with Gasteiger partial charge < -0.3 is 4.74 Å². The number of sulfonamides is 1. The van der Waals surface area contributed by atoms with Crippen molar-refractivity contribution in [3.05, 3.63) is 88.9 Å². The third-order valence-corrected chi connectivity index (χ3v) is 6.21. The smallest absolute Gasteiger partial charge is 0.264 e. The van der Waals surface area contributed by atoms with E-state index in [9.17, 15) is 8.42 Å². The summed E-state index contributed by atoms with van der Waals surface area (Å²) in [5, 5.41) is 0. The molecule has 6 heteroatoms. The van der Waals surface area contributed by atoms with Gasteiger partial charge in [0.1, 0.15) is 5.75 Å². The fraction of sp³-hybridized carbons (Fsp3) is 0.100. The monoisotopic (exact) mass is 431 g/mol. The van der Waals surface area contributed by atoms with Crippen molar-refractivity contribution < 1.29 is 13.2 Å². The van der Waals surface area contributed by atoms with Crippen LogP contribution in [0, 0.1) is 0 Å². The van der Waals surface area contributed by atoms with Crippen LogP contribution in [0.25, 0.3) is 0 Å². The summed E-state index contributed by atoms with van der Waals surface area (Å²) < 4.78 is 34.2. The van der Waals surface area contributed by atoms with Gasteiger partial charge in [-0.2, -0.15) is 0 Å². The zero-order valence-electron chi connectivity index (χ0n) is 14.2. The summed E-state index contributed by atoms with van der Waals surface area (Å²) in [6, 6.07) is 23.2. The van der Waals surface area contributed by atoms with E-state index in [0.717, 1.165) is 10.0 Å². The normalized spacial score (nSPS) is 11.2. The fourth-order valence-electron chi connectivity index (χ4n) is 2.56. The topological polar surface area (TPSA) is 46.6 Å². The van der Waals surface area contributed by atoms with Gasteiger partial charge >= 0.3 is 0 Å². The molecule has 26 heavy (non-hydrogen) atoms. The van der Waals surface area contributed by atoms with E-state index in [1.807, 2.05) is 42.5 Å². The van der Waals surface area contributed by atoms with Crippen molar-refractivity contribution in [2.24, 2.45) is 0 Å². The van der Waals surface area contributed by atoms with Crippen LogP contribution in [0.5, 0.6) is 5.75 Å². The number of methoxy groups -OCH3 is 1. The lowest BCUT2D eigenvalue weighted by atomic mass is 10.2. The van der Waals surface area contributed by atoms with Gasteiger partial charge in [0.05, 0.1) is 24.2 Å². The highest BCUT2D eigenvalue weighted by Crippen LogP contribution is 2.28. The molecule has 0 aliphatic rings. The molecule has 0 heterocycles. The van der Waals surface area contributed by atoms with Crippen LogP contribution >= 0.6 is 15.9 Å². The zero-order chi connectivity index (χ0) is 18.6. The maximum absolute atomic E-state index is 13.3. The number of anilines is 1. The molecule has 0 amide bonds. The molecule has 0 radical (unpaired) electrons. The minimum Gasteiger partial charge on any atom is -0.497 e. The van der Waals surface area contributed by atoms with Crippen molar-refractivity contribution >= 4 is 31.6 Å². The summed E-state index contributed by atoms with van der Waals surface area (Å²) in [5.41, 5.74) is 1.50. The first-order chi connectivity index (χ1) is 12.5. The van der Waals surface area contributed by atoms with Crippen LogP contribution in [0.15, 0.2) is 88.2 Å². The predicted molar refractivity (Wildman–Crippen MR) is 107 cm³/mol. The van der Waals surface area contributed by atoms with Gasteiger partial charge in [-0.05, 0) is 42.0 Å². The Morgan fingerprint density at radius 2 is 1.62 bits per heavy atom. The SMILES string of the molecule is COc1cccc(S(=O)(=O)N(Cc2ccccc2)c2ccc(Br)cc2)c1. The van der Waals surface area contributed by atoms with Crippen LogP contribution in [0.3, 0.4) is 0 Å². The summed E-state index contributed by atoms with van der Waals surface area (Å²) in [6.45, 7) is 0.238. The van der Waals surface area contributed by atoms with Crippen molar-refractivity contribution in [1.82, 2.24) is 0 Å². The molecule has 0 N–H and O–H groups in total. The lowest BCUT2D eigenvalue weighted by Gasteiger charge is -2.25. The Hall–Kier alpha value is -2.31. The average molecular weight is 432 g/mol. The zero-order valence-corrected chi connectivity index (χ0v) is 16.6. The van der Waals surface area contributed by atoms with Gasteiger partial charge in [0.2, 0.25) is 0 Å². The fourth-order valence-corrected chi connectivity index (χ4v) is 4.31. The summed E-state index contributed by atoms with van der Waals surface area (Å²) >= 11 is 3.39. The van der Waals surface area contributed by atoms with Crippen molar-refractivity contribution in [2.75, 3.05) is 11.4 Å². The number of halogens is 1. The summed E-state index contributed by atoms with van der Waals surface area (Å²) in [7, 11) is -2.24. The van der Waals surface area contributed by atoms with E-state index in [1.165, 1.54) is 17.5 Å². The molecule has 0 bridgehead atoms. The number of rotatable bonds is 6. The molecule has 0 spiro atoms. The summed E-state index contributed by atoms with van der Waals surface area (Å²) in [6.07, 6.45) is 0. The molecule has 0 aliphatic heterocycles. The molecule has 0 aliphatic carbocycles. The van der Waals surface area contributed by atoms with Gasteiger partial charge in [-0.3, -0.25) is 4.31 Å². The van der Waals surface area contributed by atoms with Crippen molar-refractivity contribution in [1.29, 1.82) is 0 Å². The summed E-state index contributed by atoms with van der Waals surface area (Å²) in [5.74, 6) is 0.501. The van der Waals surface area contributed by atoms with E-state index in [2.05, 4.69) is 15.9 Å². The van der Waals surface area contributed by atoms with E-state index in [-0.39, 0.29) is 11.4 Å². The Balaban J connectivity index is 2.07. The maximum atomic E-state index is 13.3. The minimum absolute atomic E-state index is 0.190. The van der Waals surface area contributed by atoms with Gasteiger partial charge in [0.25, 0.3) is 10.0 Å². The number of benzene rings is 3. The second kappa shape index (κ2) is 7.93. The van der Waals surface area contributed by atoms with E-state index in [4.69, 9.17) is 4.74 Å². The molecule has 3 aromatic carbocycles. The lowest BCUT2D eigenvalue weighted by Crippen LogP contribution is -2.30. The second-order valence-corrected chi connectivity index (χ2v) is 8.43. The van der Waals surface area contributed by atoms with E-state index < -0.39 is 10.0 Å². The van der Waals surface area contributed by atoms with E-state index in [1.54, 1.807) is 30.3 Å². The number of ether oxygens (including phenoxy) is 1. The average Bonchev–Trinajstić information content (AvgIpc) is 2.68. The number of nitrogens with zero attached hydrogens (tertiary/aromatic N) is 1. The molecular formula is C20H18BrNO3S. The molecule has 0 atom stereocenters. The van der Waals surface area contributed by atoms with Crippen molar-refractivity contribution in [3.63, 3.8) is 0 Å². The third-order valence-electron chi connectivity index (χ3n) is 3.91. The number of hydrogen-bond acceptors (Lipinski definition) is 3. The van der Waals surface area contributed by atoms with E-state index >= 15 is 0 Å². The first kappa shape index (κ1) is 18.5. The van der Waals surface area contributed by atoms with Gasteiger partial charge in [-0.15, -0.1) is 0 Å². The molecule has 3 aromatic rings. The van der Waals surface area contributed by atoms with Crippen LogP contribution < -0.4 is 9.04 Å². The highest BCUT2D eigenvalue weighted by molar-refractivity contribution is 9.10. The van der Waals surface area contributed by atoms with Gasteiger partial charge in [-0.25, -0.2) is 8.42 Å². The first-order valence-electron chi connectivity index (χ1n) is 7.97. The highest BCUT2D eigenvalue weighted by Gasteiger charge is 2.25. The van der Waals surface area contributed by atoms with Gasteiger partial charge in [-0.1, -0.05) is 52.3 Å². The summed E-state index contributed by atoms with van der Waals surface area (Å²) in [4.78, 5) is 0.190. The molecule has 0 unspecified atom stereocenters. The first-order valence-corrected chi connectivity index (χ1v) is 10.2. The molecular weight excluding hydrogens is 414 g/mol. The third kappa shape index (κ3) is 4.08. The maximum Gasteiger partial charge on any atom is 0.264 e. The van der Waals surface area contributed by atoms with Gasteiger partial charge in [0.15, 0.2) is 0 Å². The molecule has 3 rings (SSSR count). The van der Waals surface area contributed by atoms with E-state index in [0.29, 0.717) is 11.4 Å². The molecule has 0 fully saturated rings. The van der Waals surface area contributed by atoms with Gasteiger partial charge in [0, 0.05) is 10.5 Å². The molecule has 0 aromatic heterocycles. The van der Waals surface area contributed by atoms with Crippen LogP contribution in [-0.4, -0.2) is 15.5 Å². The Morgan fingerprint density at radius 3 is 2.27 bits per heavy atom. The molecule has 0 saturated carbocycles. The Kier molecular flexibility index (Phi) is 5.64. The second-order valence-electron chi connectivity index (χ2n) is 5.65. The largest absolute Gasteiger partial charge is 0.497 e. The lowest BCUT2D eigenvalue weighted by molar-refractivity contribution is 0.413. The van der Waals surface area contributed by atoms with Crippen LogP contribution in [-0.2, 0) is 16.6 Å². The quantitative estimate of drug-likeness (QED) is 0.559. The van der Waals surface area contributed by atoms with Crippen LogP contribution in [0.1, 0.15) is 5.56 Å².